The summed E-state index contributed by atoms with van der Waals surface area (Å²) in [6, 6.07) is 14.1. The summed E-state index contributed by atoms with van der Waals surface area (Å²) in [5, 5.41) is 9.46. The fraction of sp³-hybridized carbons (Fsp3) is 0.486. The van der Waals surface area contributed by atoms with Crippen molar-refractivity contribution in [2.24, 2.45) is 11.3 Å². The van der Waals surface area contributed by atoms with Gasteiger partial charge in [0.1, 0.15) is 0 Å². The maximum atomic E-state index is 14.5. The maximum Gasteiger partial charge on any atom is 0.407 e. The molecule has 244 valence electrons. The molecule has 2 N–H and O–H groups in total. The van der Waals surface area contributed by atoms with Crippen molar-refractivity contribution < 1.29 is 23.1 Å². The molecule has 1 atom stereocenters. The van der Waals surface area contributed by atoms with Gasteiger partial charge in [-0.3, -0.25) is 4.79 Å². The van der Waals surface area contributed by atoms with E-state index < -0.39 is 16.1 Å². The minimum absolute atomic E-state index is 0.0111. The number of carboxylic acid groups (broad SMARTS) is 1. The van der Waals surface area contributed by atoms with E-state index in [1.54, 1.807) is 12.1 Å². The number of likely N-dealkylation sites (tertiary alicyclic amines) is 1. The molecule has 0 radical (unpaired) electrons. The SMILES string of the molecule is Cc1cccc(C)c1-c1cc2nc(n1)NS(=O)(=O)c1cccc(c1)C(=O)N(C1CC3(CCN(C(=O)O)CC3)C1)[C@H](CC(C)C)CC2. The van der Waals surface area contributed by atoms with E-state index in [-0.39, 0.29) is 34.2 Å². The zero-order valence-electron chi connectivity index (χ0n) is 27.0. The number of aryl methyl sites for hydroxylation is 3. The van der Waals surface area contributed by atoms with Gasteiger partial charge in [0, 0.05) is 42.0 Å². The number of rotatable bonds is 4. The Morgan fingerprint density at radius 2 is 1.72 bits per heavy atom. The predicted octanol–water partition coefficient (Wildman–Crippen LogP) is 6.29. The van der Waals surface area contributed by atoms with Gasteiger partial charge in [0.05, 0.1) is 10.6 Å². The van der Waals surface area contributed by atoms with Crippen molar-refractivity contribution in [2.75, 3.05) is 17.8 Å². The Balaban J connectivity index is 1.41. The standard InChI is InChI=1S/C35H43N5O5S/c1-22(2)17-27-12-11-26-19-30(31-23(3)7-5-8-24(31)4)37-33(36-26)38-46(44,45)29-10-6-9-25(18-29)32(41)40(27)28-20-35(21-28)13-15-39(16-14-35)34(42)43/h5-10,18-19,22,27-28H,11-17,20-21H2,1-4H3,(H,42,43)(H,36,37,38)/t27-/m0/s1. The Kier molecular flexibility index (Phi) is 8.56. The van der Waals surface area contributed by atoms with Crippen molar-refractivity contribution in [1.82, 2.24) is 19.8 Å². The Hall–Kier alpha value is -3.99. The van der Waals surface area contributed by atoms with Crippen LogP contribution in [0.25, 0.3) is 11.3 Å². The summed E-state index contributed by atoms with van der Waals surface area (Å²) >= 11 is 0. The van der Waals surface area contributed by atoms with Crippen molar-refractivity contribution in [3.05, 3.63) is 70.9 Å². The van der Waals surface area contributed by atoms with Crippen molar-refractivity contribution in [1.29, 1.82) is 0 Å². The first-order valence-corrected chi connectivity index (χ1v) is 17.7. The van der Waals surface area contributed by atoms with Gasteiger partial charge in [-0.05, 0) is 106 Å². The molecule has 3 aliphatic rings. The number of carbonyl (C=O) groups is 2. The number of hydrogen-bond acceptors (Lipinski definition) is 6. The quantitative estimate of drug-likeness (QED) is 0.341. The lowest BCUT2D eigenvalue weighted by molar-refractivity contribution is -0.0454. The second-order valence-corrected chi connectivity index (χ2v) is 15.5. The maximum absolute atomic E-state index is 14.5. The number of hydrogen-bond donors (Lipinski definition) is 2. The summed E-state index contributed by atoms with van der Waals surface area (Å²) in [4.78, 5) is 38.8. The van der Waals surface area contributed by atoms with Crippen LogP contribution in [0.4, 0.5) is 10.7 Å². The third-order valence-electron chi connectivity index (χ3n) is 10.1. The third kappa shape index (κ3) is 6.34. The van der Waals surface area contributed by atoms with Crippen LogP contribution in [0.2, 0.25) is 0 Å². The summed E-state index contributed by atoms with van der Waals surface area (Å²) in [6.45, 7) is 9.37. The number of benzene rings is 2. The molecule has 10 nitrogen and oxygen atoms in total. The average molecular weight is 646 g/mol. The molecule has 1 aliphatic carbocycles. The van der Waals surface area contributed by atoms with Crippen LogP contribution in [-0.2, 0) is 16.4 Å². The largest absolute Gasteiger partial charge is 0.465 e. The van der Waals surface area contributed by atoms with Crippen molar-refractivity contribution in [3.63, 3.8) is 0 Å². The van der Waals surface area contributed by atoms with E-state index in [0.29, 0.717) is 48.8 Å². The Bertz CT molecular complexity index is 1740. The summed E-state index contributed by atoms with van der Waals surface area (Å²) in [5.41, 5.74) is 4.74. The van der Waals surface area contributed by atoms with Crippen molar-refractivity contribution in [2.45, 2.75) is 89.6 Å². The molecule has 1 spiro atoms. The fourth-order valence-corrected chi connectivity index (χ4v) is 8.71. The second kappa shape index (κ2) is 12.3. The molecule has 1 saturated heterocycles. The average Bonchev–Trinajstić information content (AvgIpc) is 2.98. The monoisotopic (exact) mass is 645 g/mol. The first-order valence-electron chi connectivity index (χ1n) is 16.2. The number of nitrogens with zero attached hydrogens (tertiary/aromatic N) is 4. The highest BCUT2D eigenvalue weighted by molar-refractivity contribution is 7.92. The van der Waals surface area contributed by atoms with Crippen LogP contribution in [0.1, 0.15) is 79.6 Å². The van der Waals surface area contributed by atoms with Crippen molar-refractivity contribution in [3.8, 4) is 11.3 Å². The van der Waals surface area contributed by atoms with Gasteiger partial charge in [0.25, 0.3) is 15.9 Å². The van der Waals surface area contributed by atoms with Gasteiger partial charge in [0.15, 0.2) is 0 Å². The number of amides is 2. The lowest BCUT2D eigenvalue weighted by atomic mass is 9.59. The van der Waals surface area contributed by atoms with Crippen LogP contribution < -0.4 is 4.72 Å². The van der Waals surface area contributed by atoms with E-state index in [9.17, 15) is 23.1 Å². The van der Waals surface area contributed by atoms with Crippen LogP contribution in [0.3, 0.4) is 0 Å². The number of carbonyl (C=O) groups excluding carboxylic acids is 1. The first kappa shape index (κ1) is 32.0. The molecule has 4 bridgehead atoms. The second-order valence-electron chi connectivity index (χ2n) is 13.8. The normalized spacial score (nSPS) is 21.2. The Morgan fingerprint density at radius 1 is 1.04 bits per heavy atom. The molecule has 3 aromatic rings. The van der Waals surface area contributed by atoms with Crippen molar-refractivity contribution >= 4 is 28.0 Å². The smallest absolute Gasteiger partial charge is 0.407 e. The molecule has 11 heteroatoms. The molecular formula is C35H43N5O5S. The van der Waals surface area contributed by atoms with Crippen LogP contribution in [0.15, 0.2) is 53.4 Å². The number of aromatic nitrogens is 2. The molecule has 46 heavy (non-hydrogen) atoms. The number of sulfonamides is 1. The predicted molar refractivity (Wildman–Crippen MR) is 176 cm³/mol. The number of nitrogens with one attached hydrogen (secondary N) is 1. The minimum Gasteiger partial charge on any atom is -0.465 e. The van der Waals surface area contributed by atoms with Gasteiger partial charge >= 0.3 is 6.09 Å². The van der Waals surface area contributed by atoms with E-state index in [1.807, 2.05) is 43.0 Å². The van der Waals surface area contributed by atoms with E-state index in [0.717, 1.165) is 48.8 Å². The Morgan fingerprint density at radius 3 is 2.37 bits per heavy atom. The van der Waals surface area contributed by atoms with Gasteiger partial charge in [-0.1, -0.05) is 38.1 Å². The summed E-state index contributed by atoms with van der Waals surface area (Å²) in [7, 11) is -4.10. The van der Waals surface area contributed by atoms with E-state index in [4.69, 9.17) is 0 Å². The van der Waals surface area contributed by atoms with E-state index >= 15 is 0 Å². The molecule has 1 saturated carbocycles. The topological polar surface area (TPSA) is 133 Å². The molecule has 2 aliphatic heterocycles. The van der Waals surface area contributed by atoms with Gasteiger partial charge in [-0.25, -0.2) is 27.9 Å². The van der Waals surface area contributed by atoms with Crippen LogP contribution in [0, 0.1) is 25.2 Å². The van der Waals surface area contributed by atoms with Gasteiger partial charge < -0.3 is 14.9 Å². The highest BCUT2D eigenvalue weighted by Crippen LogP contribution is 2.52. The van der Waals surface area contributed by atoms with Crippen LogP contribution in [0.5, 0.6) is 0 Å². The number of anilines is 1. The molecule has 1 aromatic heterocycles. The zero-order valence-corrected chi connectivity index (χ0v) is 27.8. The number of piperidine rings is 1. The van der Waals surface area contributed by atoms with Crippen LogP contribution >= 0.6 is 0 Å². The van der Waals surface area contributed by atoms with Crippen LogP contribution in [-0.4, -0.2) is 70.5 Å². The van der Waals surface area contributed by atoms with Gasteiger partial charge in [0.2, 0.25) is 5.95 Å². The zero-order chi connectivity index (χ0) is 32.8. The molecule has 2 amide bonds. The lowest BCUT2D eigenvalue weighted by Crippen LogP contribution is -2.59. The molecule has 3 heterocycles. The van der Waals surface area contributed by atoms with E-state index in [2.05, 4.69) is 28.5 Å². The lowest BCUT2D eigenvalue weighted by Gasteiger charge is -2.56. The Labute approximate surface area is 271 Å². The van der Waals surface area contributed by atoms with Gasteiger partial charge in [-0.2, -0.15) is 0 Å². The van der Waals surface area contributed by atoms with E-state index in [1.165, 1.54) is 17.0 Å². The molecular weight excluding hydrogens is 602 g/mol. The molecule has 2 fully saturated rings. The minimum atomic E-state index is -4.10. The third-order valence-corrected chi connectivity index (χ3v) is 11.4. The highest BCUT2D eigenvalue weighted by atomic mass is 32.2. The highest BCUT2D eigenvalue weighted by Gasteiger charge is 2.50. The summed E-state index contributed by atoms with van der Waals surface area (Å²) < 4.78 is 29.9. The number of fused-ring (bicyclic) bond motifs is 4. The fourth-order valence-electron chi connectivity index (χ4n) is 7.72. The summed E-state index contributed by atoms with van der Waals surface area (Å²) in [6.07, 6.45) is 4.32. The molecule has 6 rings (SSSR count). The first-order chi connectivity index (χ1) is 21.8. The molecule has 2 aromatic carbocycles. The molecule has 0 unspecified atom stereocenters. The summed E-state index contributed by atoms with van der Waals surface area (Å²) in [5.74, 6) is 0.166. The van der Waals surface area contributed by atoms with Gasteiger partial charge in [-0.15, -0.1) is 0 Å².